The van der Waals surface area contributed by atoms with Crippen LogP contribution >= 0.6 is 0 Å². The first-order valence-corrected chi connectivity index (χ1v) is 23.3. The van der Waals surface area contributed by atoms with E-state index >= 15 is 0 Å². The second kappa shape index (κ2) is 13.9. The van der Waals surface area contributed by atoms with E-state index < -0.39 is 22.1 Å². The van der Waals surface area contributed by atoms with Crippen molar-refractivity contribution in [1.82, 2.24) is 10.2 Å². The van der Waals surface area contributed by atoms with E-state index in [1.807, 2.05) is 0 Å². The van der Waals surface area contributed by atoms with Crippen molar-refractivity contribution >= 4 is 22.1 Å². The molecule has 9 heteroatoms. The minimum Gasteiger partial charge on any atom is -0.458 e. The van der Waals surface area contributed by atoms with E-state index in [0.29, 0.717) is 62.1 Å². The van der Waals surface area contributed by atoms with Crippen molar-refractivity contribution in [3.05, 3.63) is 34.4 Å². The molecule has 3 saturated carbocycles. The predicted molar refractivity (Wildman–Crippen MR) is 213 cm³/mol. The van der Waals surface area contributed by atoms with Crippen LogP contribution in [0.1, 0.15) is 132 Å². The maximum atomic E-state index is 14.1. The quantitative estimate of drug-likeness (QED) is 0.224. The number of Topliss-reactive ketones (excluding diaryl/α,β-unsaturated/α-hetero) is 1. The average molecular weight is 769 g/mol. The number of likely N-dealkylation sites (tertiary alicyclic amines) is 1. The Bertz CT molecular complexity index is 1730. The van der Waals surface area contributed by atoms with Crippen molar-refractivity contribution in [1.29, 1.82) is 0 Å². The first-order chi connectivity index (χ1) is 25.3. The Hall–Kier alpha value is -1.84. The summed E-state index contributed by atoms with van der Waals surface area (Å²) in [6.45, 7) is 20.3. The normalized spacial score (nSPS) is 41.4. The summed E-state index contributed by atoms with van der Waals surface area (Å²) in [5.41, 5.74) is 4.41. The van der Waals surface area contributed by atoms with Crippen LogP contribution in [0.5, 0.6) is 0 Å². The van der Waals surface area contributed by atoms with Crippen LogP contribution in [0.15, 0.2) is 34.4 Å². The number of allylic oxidation sites excluding steroid dienone is 4. The van der Waals surface area contributed by atoms with Crippen molar-refractivity contribution in [3.8, 4) is 0 Å². The van der Waals surface area contributed by atoms with E-state index in [4.69, 9.17) is 4.74 Å². The minimum absolute atomic E-state index is 0.0178. The molecule has 0 radical (unpaired) electrons. The Labute approximate surface area is 325 Å². The van der Waals surface area contributed by atoms with Crippen molar-refractivity contribution in [2.45, 2.75) is 148 Å². The number of sulfone groups is 1. The molecule has 0 aromatic rings. The van der Waals surface area contributed by atoms with Crippen molar-refractivity contribution in [2.24, 2.45) is 45.3 Å². The number of carbonyl (C=O) groups is 2. The lowest BCUT2D eigenvalue weighted by Gasteiger charge is -2.71. The van der Waals surface area contributed by atoms with Crippen LogP contribution < -0.4 is 5.32 Å². The number of ketones is 1. The summed E-state index contributed by atoms with van der Waals surface area (Å²) in [5, 5.41) is 3.83. The van der Waals surface area contributed by atoms with E-state index in [1.54, 1.807) is 0 Å². The van der Waals surface area contributed by atoms with Gasteiger partial charge in [-0.2, -0.15) is 0 Å². The number of hydrogen-bond donors (Lipinski definition) is 1. The number of nitrogens with zero attached hydrogens (tertiary/aromatic N) is 1. The molecule has 1 aliphatic heterocycles. The summed E-state index contributed by atoms with van der Waals surface area (Å²) in [7, 11) is -3.00. The molecule has 8 atom stereocenters. The molecule has 302 valence electrons. The summed E-state index contributed by atoms with van der Waals surface area (Å²) in [6.07, 6.45) is 17.6. The Kier molecular flexibility index (Phi) is 10.4. The molecule has 0 aromatic heterocycles. The molecule has 1 saturated heterocycles. The van der Waals surface area contributed by atoms with E-state index in [1.165, 1.54) is 42.2 Å². The van der Waals surface area contributed by atoms with E-state index in [-0.39, 0.29) is 38.4 Å². The van der Waals surface area contributed by atoms with Gasteiger partial charge in [0.15, 0.2) is 5.78 Å². The summed E-state index contributed by atoms with van der Waals surface area (Å²) >= 11 is 0. The highest BCUT2D eigenvalue weighted by Gasteiger charge is 2.69. The fourth-order valence-electron chi connectivity index (χ4n) is 14.5. The number of fused-ring (bicyclic) bond motifs is 7. The third kappa shape index (κ3) is 6.17. The number of rotatable bonds is 10. The number of carbonyl (C=O) groups excluding carboxylic acids is 2. The summed E-state index contributed by atoms with van der Waals surface area (Å²) in [6, 6.07) is 0. The van der Waals surface area contributed by atoms with Crippen LogP contribution in [0.3, 0.4) is 0 Å². The topological polar surface area (TPSA) is 92.8 Å². The van der Waals surface area contributed by atoms with Crippen LogP contribution in [-0.4, -0.2) is 81.1 Å². The van der Waals surface area contributed by atoms with Gasteiger partial charge in [-0.15, -0.1) is 0 Å². The smallest absolute Gasteiger partial charge is 0.293 e. The molecule has 6 aliphatic carbocycles. The third-order valence-corrected chi connectivity index (χ3v) is 19.2. The zero-order valence-corrected chi connectivity index (χ0v) is 35.4. The Morgan fingerprint density at radius 1 is 0.944 bits per heavy atom. The molecule has 7 nitrogen and oxygen atoms in total. The fourth-order valence-corrected chi connectivity index (χ4v) is 15.5. The molecule has 4 fully saturated rings. The number of ether oxygens (including phenoxy) is 1. The standard InChI is InChI=1S/C45H69FN2O5S/c1-30(2)38-35(50)27-45(47-23-26-48-24-15-32(16-25-48)54(8,51)52)22-21-42(6)34(39(38)45)9-10-37-41(5)17-13-33(40(3,4)36(41)14-18-43(37,42)7)31-11-19-44(28-46,20-12-31)53-29-49/h11,13,29-30,32,34,36-37,47H,9-10,12,14-28H2,1-8H3/t34-,36+,37-,41+,42-,43-,44+,45-/m1/s1. The lowest BCUT2D eigenvalue weighted by atomic mass is 9.33. The highest BCUT2D eigenvalue weighted by molar-refractivity contribution is 7.91. The monoisotopic (exact) mass is 768 g/mol. The summed E-state index contributed by atoms with van der Waals surface area (Å²) in [5.74, 6) is 2.05. The fraction of sp³-hybridized carbons (Fsp3) is 0.822. The lowest BCUT2D eigenvalue weighted by molar-refractivity contribution is -0.196. The SMILES string of the molecule is CC(C)C1=C2[C@H]3CC[C@@H]4[C@@]5(C)CC=C(C6=CC[C@](CF)(OC=O)CC6)C(C)(C)[C@@H]5CC[C@@]4(C)[C@]3(C)CC[C@@]2(NCCN2CCC(S(C)(=O)=O)CC2)CC1=O. The maximum Gasteiger partial charge on any atom is 0.293 e. The largest absolute Gasteiger partial charge is 0.458 e. The molecule has 0 amide bonds. The maximum absolute atomic E-state index is 14.1. The second-order valence-electron chi connectivity index (χ2n) is 20.6. The molecule has 1 N–H and O–H groups in total. The lowest BCUT2D eigenvalue weighted by Crippen LogP contribution is -2.66. The molecule has 7 rings (SSSR count). The zero-order valence-electron chi connectivity index (χ0n) is 34.6. The third-order valence-electron chi connectivity index (χ3n) is 17.5. The van der Waals surface area contributed by atoms with Gasteiger partial charge in [0, 0.05) is 37.7 Å². The van der Waals surface area contributed by atoms with Gasteiger partial charge >= 0.3 is 0 Å². The van der Waals surface area contributed by atoms with Gasteiger partial charge in [-0.1, -0.05) is 60.6 Å². The van der Waals surface area contributed by atoms with Crippen LogP contribution in [0.2, 0.25) is 0 Å². The molecular formula is C45H69FN2O5S. The molecule has 1 heterocycles. The van der Waals surface area contributed by atoms with Crippen LogP contribution in [0.25, 0.3) is 0 Å². The van der Waals surface area contributed by atoms with Crippen LogP contribution in [0.4, 0.5) is 4.39 Å². The van der Waals surface area contributed by atoms with Gasteiger partial charge in [0.25, 0.3) is 6.47 Å². The predicted octanol–water partition coefficient (Wildman–Crippen LogP) is 8.35. The van der Waals surface area contributed by atoms with Gasteiger partial charge in [0.1, 0.15) is 22.1 Å². The number of alkyl halides is 1. The summed E-state index contributed by atoms with van der Waals surface area (Å²) in [4.78, 5) is 27.6. The van der Waals surface area contributed by atoms with Gasteiger partial charge < -0.3 is 15.0 Å². The van der Waals surface area contributed by atoms with Crippen LogP contribution in [0, 0.1) is 45.3 Å². The summed E-state index contributed by atoms with van der Waals surface area (Å²) < 4.78 is 43.6. The Balaban J connectivity index is 1.13. The Morgan fingerprint density at radius 3 is 2.28 bits per heavy atom. The Morgan fingerprint density at radius 2 is 1.67 bits per heavy atom. The molecule has 0 bridgehead atoms. The van der Waals surface area contributed by atoms with Crippen LogP contribution in [-0.2, 0) is 24.2 Å². The van der Waals surface area contributed by atoms with Gasteiger partial charge in [-0.25, -0.2) is 12.8 Å². The first kappa shape index (κ1) is 40.4. The first-order valence-electron chi connectivity index (χ1n) is 21.3. The van der Waals surface area contributed by atoms with Gasteiger partial charge in [-0.3, -0.25) is 9.59 Å². The highest BCUT2D eigenvalue weighted by atomic mass is 32.2. The van der Waals surface area contributed by atoms with Gasteiger partial charge in [-0.05, 0) is 151 Å². The molecule has 0 unspecified atom stereocenters. The van der Waals surface area contributed by atoms with Gasteiger partial charge in [0.05, 0.1) is 5.25 Å². The second-order valence-corrected chi connectivity index (χ2v) is 22.9. The molecule has 7 aliphatic rings. The number of halogens is 1. The van der Waals surface area contributed by atoms with E-state index in [0.717, 1.165) is 63.9 Å². The van der Waals surface area contributed by atoms with E-state index in [9.17, 15) is 22.4 Å². The van der Waals surface area contributed by atoms with Crippen molar-refractivity contribution in [3.63, 3.8) is 0 Å². The average Bonchev–Trinajstić information content (AvgIpc) is 3.41. The number of piperidine rings is 1. The van der Waals surface area contributed by atoms with Gasteiger partial charge in [0.2, 0.25) is 0 Å². The number of nitrogens with one attached hydrogen (secondary N) is 1. The molecule has 54 heavy (non-hydrogen) atoms. The van der Waals surface area contributed by atoms with E-state index in [2.05, 4.69) is 70.8 Å². The minimum atomic E-state index is -3.00. The molecule has 0 spiro atoms. The van der Waals surface area contributed by atoms with Crippen molar-refractivity contribution in [2.75, 3.05) is 39.1 Å². The number of hydrogen-bond acceptors (Lipinski definition) is 7. The highest BCUT2D eigenvalue weighted by Crippen LogP contribution is 2.76. The molecular weight excluding hydrogens is 700 g/mol. The zero-order chi connectivity index (χ0) is 39.1. The molecule has 0 aromatic carbocycles. The van der Waals surface area contributed by atoms with Crippen molar-refractivity contribution < 1.29 is 27.1 Å².